The van der Waals surface area contributed by atoms with Crippen LogP contribution in [0.3, 0.4) is 0 Å². The average Bonchev–Trinajstić information content (AvgIpc) is 3.18. The summed E-state index contributed by atoms with van der Waals surface area (Å²) in [6, 6.07) is 10.3. The van der Waals surface area contributed by atoms with E-state index < -0.39 is 0 Å². The molecular formula is C16H19N3O2. The molecule has 110 valence electrons. The number of amides is 1. The van der Waals surface area contributed by atoms with Gasteiger partial charge in [0.05, 0.1) is 11.9 Å². The van der Waals surface area contributed by atoms with E-state index in [4.69, 9.17) is 4.74 Å². The smallest absolute Gasteiger partial charge is 0.253 e. The van der Waals surface area contributed by atoms with Crippen molar-refractivity contribution in [2.45, 2.75) is 31.9 Å². The number of anilines is 1. The molecular weight excluding hydrogens is 266 g/mol. The Bertz CT molecular complexity index is 589. The van der Waals surface area contributed by atoms with Gasteiger partial charge >= 0.3 is 0 Å². The summed E-state index contributed by atoms with van der Waals surface area (Å²) in [6.45, 7) is 1.47. The first-order chi connectivity index (χ1) is 10.3. The van der Waals surface area contributed by atoms with Crippen LogP contribution in [-0.2, 0) is 22.5 Å². The highest BCUT2D eigenvalue weighted by Gasteiger charge is 2.23. The summed E-state index contributed by atoms with van der Waals surface area (Å²) in [5, 5.41) is 7.13. The lowest BCUT2D eigenvalue weighted by molar-refractivity contribution is -0.124. The van der Waals surface area contributed by atoms with Crippen molar-refractivity contribution in [1.82, 2.24) is 9.78 Å². The van der Waals surface area contributed by atoms with Crippen LogP contribution >= 0.6 is 0 Å². The van der Waals surface area contributed by atoms with E-state index in [2.05, 4.69) is 22.5 Å². The van der Waals surface area contributed by atoms with E-state index >= 15 is 0 Å². The van der Waals surface area contributed by atoms with Crippen molar-refractivity contribution < 1.29 is 9.53 Å². The minimum atomic E-state index is -0.308. The van der Waals surface area contributed by atoms with Crippen molar-refractivity contribution in [2.24, 2.45) is 0 Å². The van der Waals surface area contributed by atoms with Gasteiger partial charge in [0.25, 0.3) is 5.91 Å². The second-order valence-electron chi connectivity index (χ2n) is 5.22. The summed E-state index contributed by atoms with van der Waals surface area (Å²) in [4.78, 5) is 11.9. The molecule has 21 heavy (non-hydrogen) atoms. The van der Waals surface area contributed by atoms with Crippen LogP contribution in [0.4, 0.5) is 5.69 Å². The molecule has 1 aliphatic heterocycles. The van der Waals surface area contributed by atoms with E-state index in [0.717, 1.165) is 31.5 Å². The third-order valence-corrected chi connectivity index (χ3v) is 3.60. The molecule has 1 aromatic carbocycles. The van der Waals surface area contributed by atoms with Gasteiger partial charge in [0.2, 0.25) is 0 Å². The number of nitrogens with zero attached hydrogens (tertiary/aromatic N) is 2. The molecule has 0 aliphatic carbocycles. The Morgan fingerprint density at radius 1 is 1.38 bits per heavy atom. The Labute approximate surface area is 123 Å². The van der Waals surface area contributed by atoms with Crippen LogP contribution < -0.4 is 5.32 Å². The van der Waals surface area contributed by atoms with Gasteiger partial charge in [0.15, 0.2) is 0 Å². The molecule has 1 aliphatic rings. The van der Waals surface area contributed by atoms with Crippen molar-refractivity contribution in [3.05, 3.63) is 48.3 Å². The predicted molar refractivity (Wildman–Crippen MR) is 80.0 cm³/mol. The van der Waals surface area contributed by atoms with Gasteiger partial charge in [-0.2, -0.15) is 5.10 Å². The number of carbonyl (C=O) groups is 1. The first kappa shape index (κ1) is 13.8. The van der Waals surface area contributed by atoms with E-state index in [-0.39, 0.29) is 12.0 Å². The second-order valence-corrected chi connectivity index (χ2v) is 5.22. The summed E-state index contributed by atoms with van der Waals surface area (Å²) < 4.78 is 7.21. The second kappa shape index (κ2) is 6.54. The van der Waals surface area contributed by atoms with E-state index in [1.54, 1.807) is 6.20 Å². The number of aryl methyl sites for hydroxylation is 2. The lowest BCUT2D eigenvalue weighted by atomic mass is 10.1. The molecule has 2 aromatic rings. The fourth-order valence-electron chi connectivity index (χ4n) is 2.45. The van der Waals surface area contributed by atoms with E-state index in [9.17, 15) is 4.79 Å². The third kappa shape index (κ3) is 3.70. The summed E-state index contributed by atoms with van der Waals surface area (Å²) in [5.74, 6) is -0.0740. The molecule has 5 heteroatoms. The molecule has 1 aromatic heterocycles. The van der Waals surface area contributed by atoms with Crippen molar-refractivity contribution >= 4 is 11.6 Å². The standard InChI is InChI=1S/C16H19N3O2/c20-16(15-7-4-10-21-15)18-14-11-17-19(12-14)9-8-13-5-2-1-3-6-13/h1-3,5-6,11-12,15H,4,7-10H2,(H,18,20)/t15-/m1/s1. The molecule has 0 saturated carbocycles. The summed E-state index contributed by atoms with van der Waals surface area (Å²) in [6.07, 6.45) is 5.90. The third-order valence-electron chi connectivity index (χ3n) is 3.60. The molecule has 1 amide bonds. The summed E-state index contributed by atoms with van der Waals surface area (Å²) >= 11 is 0. The van der Waals surface area contributed by atoms with Crippen LogP contribution in [0, 0.1) is 0 Å². The van der Waals surface area contributed by atoms with Crippen LogP contribution in [0.2, 0.25) is 0 Å². The molecule has 0 bridgehead atoms. The Hall–Kier alpha value is -2.14. The number of carbonyl (C=O) groups excluding carboxylic acids is 1. The van der Waals surface area contributed by atoms with Gasteiger partial charge in [-0.25, -0.2) is 0 Å². The number of ether oxygens (including phenoxy) is 1. The van der Waals surface area contributed by atoms with Gasteiger partial charge in [0, 0.05) is 19.3 Å². The number of hydrogen-bond acceptors (Lipinski definition) is 3. The zero-order valence-electron chi connectivity index (χ0n) is 11.9. The van der Waals surface area contributed by atoms with Crippen LogP contribution in [0.15, 0.2) is 42.7 Å². The average molecular weight is 285 g/mol. The van der Waals surface area contributed by atoms with E-state index in [1.165, 1.54) is 5.56 Å². The maximum atomic E-state index is 11.9. The Kier molecular flexibility index (Phi) is 4.31. The van der Waals surface area contributed by atoms with Crippen molar-refractivity contribution in [1.29, 1.82) is 0 Å². The molecule has 3 rings (SSSR count). The summed E-state index contributed by atoms with van der Waals surface area (Å²) in [7, 11) is 0. The number of hydrogen-bond donors (Lipinski definition) is 1. The van der Waals surface area contributed by atoms with Crippen molar-refractivity contribution in [3.8, 4) is 0 Å². The van der Waals surface area contributed by atoms with Crippen LogP contribution in [-0.4, -0.2) is 28.4 Å². The normalized spacial score (nSPS) is 17.8. The Morgan fingerprint density at radius 3 is 3.00 bits per heavy atom. The molecule has 2 heterocycles. The van der Waals surface area contributed by atoms with E-state index in [0.29, 0.717) is 6.61 Å². The molecule has 0 unspecified atom stereocenters. The lowest BCUT2D eigenvalue weighted by Crippen LogP contribution is -2.26. The SMILES string of the molecule is O=C(Nc1cnn(CCc2ccccc2)c1)[C@H]1CCCO1. The van der Waals surface area contributed by atoms with Gasteiger partial charge in [-0.3, -0.25) is 9.48 Å². The number of nitrogens with one attached hydrogen (secondary N) is 1. The molecule has 1 atom stereocenters. The quantitative estimate of drug-likeness (QED) is 0.916. The number of benzene rings is 1. The minimum Gasteiger partial charge on any atom is -0.368 e. The molecule has 1 fully saturated rings. The van der Waals surface area contributed by atoms with Gasteiger partial charge in [-0.1, -0.05) is 30.3 Å². The van der Waals surface area contributed by atoms with Gasteiger partial charge in [-0.05, 0) is 24.8 Å². The highest BCUT2D eigenvalue weighted by molar-refractivity contribution is 5.94. The minimum absolute atomic E-state index is 0.0740. The van der Waals surface area contributed by atoms with Crippen molar-refractivity contribution in [3.63, 3.8) is 0 Å². The lowest BCUT2D eigenvalue weighted by Gasteiger charge is -2.08. The zero-order chi connectivity index (χ0) is 14.5. The molecule has 1 N–H and O–H groups in total. The monoisotopic (exact) mass is 285 g/mol. The van der Waals surface area contributed by atoms with Gasteiger partial charge < -0.3 is 10.1 Å². The first-order valence-corrected chi connectivity index (χ1v) is 7.30. The highest BCUT2D eigenvalue weighted by atomic mass is 16.5. The van der Waals surface area contributed by atoms with E-state index in [1.807, 2.05) is 29.1 Å². The first-order valence-electron chi connectivity index (χ1n) is 7.30. The highest BCUT2D eigenvalue weighted by Crippen LogP contribution is 2.15. The number of aromatic nitrogens is 2. The van der Waals surface area contributed by atoms with Crippen LogP contribution in [0.1, 0.15) is 18.4 Å². The number of rotatable bonds is 5. The Balaban J connectivity index is 1.52. The van der Waals surface area contributed by atoms with Crippen LogP contribution in [0.25, 0.3) is 0 Å². The molecule has 1 saturated heterocycles. The zero-order valence-corrected chi connectivity index (χ0v) is 11.9. The molecule has 5 nitrogen and oxygen atoms in total. The fraction of sp³-hybridized carbons (Fsp3) is 0.375. The van der Waals surface area contributed by atoms with Crippen LogP contribution in [0.5, 0.6) is 0 Å². The molecule has 0 spiro atoms. The van der Waals surface area contributed by atoms with Crippen molar-refractivity contribution in [2.75, 3.05) is 11.9 Å². The van der Waals surface area contributed by atoms with Gasteiger partial charge in [-0.15, -0.1) is 0 Å². The Morgan fingerprint density at radius 2 is 2.24 bits per heavy atom. The predicted octanol–water partition coefficient (Wildman–Crippen LogP) is 2.24. The fourth-order valence-corrected chi connectivity index (χ4v) is 2.45. The summed E-state index contributed by atoms with van der Waals surface area (Å²) in [5.41, 5.74) is 2.00. The molecule has 0 radical (unpaired) electrons. The maximum Gasteiger partial charge on any atom is 0.253 e. The maximum absolute atomic E-state index is 11.9. The van der Waals surface area contributed by atoms with Gasteiger partial charge in [0.1, 0.15) is 6.10 Å². The largest absolute Gasteiger partial charge is 0.368 e. The topological polar surface area (TPSA) is 56.2 Å².